The topological polar surface area (TPSA) is 53.2 Å². The second-order valence-corrected chi connectivity index (χ2v) is 4.40. The maximum atomic E-state index is 10.3. The summed E-state index contributed by atoms with van der Waals surface area (Å²) in [5.41, 5.74) is -0.262. The molecule has 4 heteroatoms. The van der Waals surface area contributed by atoms with E-state index < -0.39 is 11.5 Å². The molecule has 1 aromatic carbocycles. The summed E-state index contributed by atoms with van der Waals surface area (Å²) in [6.45, 7) is 0.769. The highest BCUT2D eigenvalue weighted by Crippen LogP contribution is 2.42. The summed E-state index contributed by atoms with van der Waals surface area (Å²) in [4.78, 5) is 0. The molecular formula is C12H12ClNO2. The third kappa shape index (κ3) is 1.80. The van der Waals surface area contributed by atoms with Crippen molar-refractivity contribution < 1.29 is 9.84 Å². The van der Waals surface area contributed by atoms with Crippen LogP contribution in [0, 0.1) is 16.7 Å². The zero-order chi connectivity index (χ0) is 11.6. The first-order valence-electron chi connectivity index (χ1n) is 5.11. The number of hydrogen-bond donors (Lipinski definition) is 1. The van der Waals surface area contributed by atoms with Crippen LogP contribution in [0.5, 0.6) is 0 Å². The van der Waals surface area contributed by atoms with E-state index in [9.17, 15) is 10.4 Å². The normalized spacial score (nSPS) is 26.3. The molecule has 3 nitrogen and oxygen atoms in total. The van der Waals surface area contributed by atoms with Crippen molar-refractivity contribution in [2.24, 2.45) is 5.41 Å². The molecule has 1 heterocycles. The first kappa shape index (κ1) is 11.4. The van der Waals surface area contributed by atoms with Gasteiger partial charge in [0.05, 0.1) is 12.7 Å². The number of aliphatic hydroxyl groups excluding tert-OH is 1. The lowest BCUT2D eigenvalue weighted by Crippen LogP contribution is -2.28. The summed E-state index contributed by atoms with van der Waals surface area (Å²) >= 11 is 6.01. The predicted octanol–water partition coefficient (Wildman–Crippen LogP) is 2.30. The Balaban J connectivity index is 2.35. The minimum absolute atomic E-state index is 0.260. The van der Waals surface area contributed by atoms with Gasteiger partial charge in [-0.2, -0.15) is 5.26 Å². The first-order valence-corrected chi connectivity index (χ1v) is 5.49. The number of aliphatic hydroxyl groups is 1. The fourth-order valence-corrected chi connectivity index (χ4v) is 2.18. The molecule has 0 aliphatic carbocycles. The van der Waals surface area contributed by atoms with Crippen LogP contribution >= 0.6 is 11.6 Å². The van der Waals surface area contributed by atoms with E-state index in [0.29, 0.717) is 23.6 Å². The number of benzene rings is 1. The lowest BCUT2D eigenvalue weighted by molar-refractivity contribution is 0.0505. The number of hydrogen-bond acceptors (Lipinski definition) is 3. The molecular weight excluding hydrogens is 226 g/mol. The van der Waals surface area contributed by atoms with E-state index in [1.807, 2.05) is 0 Å². The largest absolute Gasteiger partial charge is 0.387 e. The molecule has 2 rings (SSSR count). The maximum Gasteiger partial charge on any atom is 0.113 e. The molecule has 0 radical (unpaired) electrons. The third-order valence-electron chi connectivity index (χ3n) is 3.00. The van der Waals surface area contributed by atoms with E-state index in [1.165, 1.54) is 0 Å². The van der Waals surface area contributed by atoms with Gasteiger partial charge in [0.1, 0.15) is 11.5 Å². The lowest BCUT2D eigenvalue weighted by atomic mass is 9.79. The Morgan fingerprint density at radius 2 is 2.25 bits per heavy atom. The molecule has 0 bridgehead atoms. The Hall–Kier alpha value is -1.08. The fraction of sp³-hybridized carbons (Fsp3) is 0.417. The zero-order valence-corrected chi connectivity index (χ0v) is 9.44. The average Bonchev–Trinajstić information content (AvgIpc) is 2.78. The Kier molecular flexibility index (Phi) is 3.15. The van der Waals surface area contributed by atoms with Crippen LogP contribution in [-0.4, -0.2) is 18.3 Å². The third-order valence-corrected chi connectivity index (χ3v) is 3.34. The van der Waals surface area contributed by atoms with Gasteiger partial charge in [-0.3, -0.25) is 0 Å². The fourth-order valence-electron chi connectivity index (χ4n) is 1.94. The van der Waals surface area contributed by atoms with Crippen molar-refractivity contribution in [3.05, 3.63) is 34.9 Å². The van der Waals surface area contributed by atoms with Crippen molar-refractivity contribution in [2.75, 3.05) is 13.2 Å². The van der Waals surface area contributed by atoms with E-state index in [0.717, 1.165) is 0 Å². The Bertz CT molecular complexity index is 421. The smallest absolute Gasteiger partial charge is 0.113 e. The molecule has 0 aromatic heterocycles. The van der Waals surface area contributed by atoms with Gasteiger partial charge in [-0.1, -0.05) is 29.8 Å². The van der Waals surface area contributed by atoms with E-state index >= 15 is 0 Å². The van der Waals surface area contributed by atoms with Crippen molar-refractivity contribution >= 4 is 11.6 Å². The molecule has 1 aliphatic rings. The Morgan fingerprint density at radius 1 is 1.50 bits per heavy atom. The summed E-state index contributed by atoms with van der Waals surface area (Å²) in [6.07, 6.45) is -0.357. The molecule has 0 saturated carbocycles. The molecule has 1 N–H and O–H groups in total. The van der Waals surface area contributed by atoms with Crippen molar-refractivity contribution in [1.82, 2.24) is 0 Å². The summed E-state index contributed by atoms with van der Waals surface area (Å²) in [5.74, 6) is 0. The molecule has 1 fully saturated rings. The van der Waals surface area contributed by atoms with Crippen LogP contribution < -0.4 is 0 Å². The van der Waals surface area contributed by atoms with Crippen molar-refractivity contribution in [3.8, 4) is 6.07 Å². The molecule has 1 aromatic rings. The quantitative estimate of drug-likeness (QED) is 0.859. The van der Waals surface area contributed by atoms with Crippen LogP contribution in [0.3, 0.4) is 0 Å². The van der Waals surface area contributed by atoms with Crippen LogP contribution in [0.4, 0.5) is 0 Å². The van der Waals surface area contributed by atoms with Gasteiger partial charge in [0.15, 0.2) is 0 Å². The summed E-state index contributed by atoms with van der Waals surface area (Å²) in [5, 5.41) is 20.0. The minimum Gasteiger partial charge on any atom is -0.387 e. The molecule has 84 valence electrons. The SMILES string of the molecule is N#CC1(C(O)c2ccccc2Cl)CCOC1. The monoisotopic (exact) mass is 237 g/mol. The van der Waals surface area contributed by atoms with E-state index in [-0.39, 0.29) is 6.61 Å². The van der Waals surface area contributed by atoms with Crippen LogP contribution in [-0.2, 0) is 4.74 Å². The molecule has 1 aliphatic heterocycles. The standard InChI is InChI=1S/C12H12ClNO2/c13-10-4-2-1-3-9(10)11(15)12(7-14)5-6-16-8-12/h1-4,11,15H,5-6,8H2. The van der Waals surface area contributed by atoms with Crippen molar-refractivity contribution in [2.45, 2.75) is 12.5 Å². The summed E-state index contributed by atoms with van der Waals surface area (Å²) in [6, 6.07) is 9.21. The highest BCUT2D eigenvalue weighted by molar-refractivity contribution is 6.31. The van der Waals surface area contributed by atoms with Crippen LogP contribution in [0.25, 0.3) is 0 Å². The van der Waals surface area contributed by atoms with Crippen LogP contribution in [0.2, 0.25) is 5.02 Å². The van der Waals surface area contributed by atoms with Gasteiger partial charge in [0.2, 0.25) is 0 Å². The number of ether oxygens (including phenoxy) is 1. The van der Waals surface area contributed by atoms with Crippen molar-refractivity contribution in [3.63, 3.8) is 0 Å². The maximum absolute atomic E-state index is 10.3. The Labute approximate surface area is 99.2 Å². The highest BCUT2D eigenvalue weighted by Gasteiger charge is 2.43. The summed E-state index contributed by atoms with van der Waals surface area (Å²) < 4.78 is 5.21. The van der Waals surface area contributed by atoms with Crippen molar-refractivity contribution in [1.29, 1.82) is 5.26 Å². The summed E-state index contributed by atoms with van der Waals surface area (Å²) in [7, 11) is 0. The highest BCUT2D eigenvalue weighted by atomic mass is 35.5. The molecule has 16 heavy (non-hydrogen) atoms. The van der Waals surface area contributed by atoms with Gasteiger partial charge in [-0.05, 0) is 12.5 Å². The predicted molar refractivity (Wildman–Crippen MR) is 59.9 cm³/mol. The number of rotatable bonds is 2. The van der Waals surface area contributed by atoms with Gasteiger partial charge in [-0.25, -0.2) is 0 Å². The zero-order valence-electron chi connectivity index (χ0n) is 8.69. The number of nitriles is 1. The van der Waals surface area contributed by atoms with Crippen LogP contribution in [0.1, 0.15) is 18.1 Å². The van der Waals surface area contributed by atoms with E-state index in [2.05, 4.69) is 6.07 Å². The molecule has 1 saturated heterocycles. The lowest BCUT2D eigenvalue weighted by Gasteiger charge is -2.26. The number of halogens is 1. The van der Waals surface area contributed by atoms with Crippen LogP contribution in [0.15, 0.2) is 24.3 Å². The van der Waals surface area contributed by atoms with Gasteiger partial charge < -0.3 is 9.84 Å². The molecule has 0 amide bonds. The Morgan fingerprint density at radius 3 is 2.81 bits per heavy atom. The second-order valence-electron chi connectivity index (χ2n) is 3.99. The van der Waals surface area contributed by atoms with E-state index in [4.69, 9.17) is 16.3 Å². The average molecular weight is 238 g/mol. The van der Waals surface area contributed by atoms with Gasteiger partial charge in [0.25, 0.3) is 0 Å². The van der Waals surface area contributed by atoms with E-state index in [1.54, 1.807) is 24.3 Å². The minimum atomic E-state index is -0.895. The first-order chi connectivity index (χ1) is 7.69. The molecule has 0 spiro atoms. The van der Waals surface area contributed by atoms with Gasteiger partial charge in [-0.15, -0.1) is 0 Å². The second kappa shape index (κ2) is 4.42. The van der Waals surface area contributed by atoms with Gasteiger partial charge in [0, 0.05) is 17.2 Å². The molecule has 2 atom stereocenters. The van der Waals surface area contributed by atoms with Gasteiger partial charge >= 0.3 is 0 Å². The number of nitrogens with zero attached hydrogens (tertiary/aromatic N) is 1. The molecule has 2 unspecified atom stereocenters.